The third-order valence-electron chi connectivity index (χ3n) is 6.09. The summed E-state index contributed by atoms with van der Waals surface area (Å²) in [5, 5.41) is 3.73. The molecule has 1 heteroatoms. The predicted molar refractivity (Wildman–Crippen MR) is 77.5 cm³/mol. The Kier molecular flexibility index (Phi) is 3.47. The lowest BCUT2D eigenvalue weighted by Gasteiger charge is -2.36. The molecule has 0 aromatic carbocycles. The highest BCUT2D eigenvalue weighted by Gasteiger charge is 2.47. The summed E-state index contributed by atoms with van der Waals surface area (Å²) in [6.45, 7) is 8.39. The second kappa shape index (κ2) is 4.81. The van der Waals surface area contributed by atoms with Gasteiger partial charge in [-0.3, -0.25) is 0 Å². The van der Waals surface area contributed by atoms with Crippen molar-refractivity contribution in [3.8, 4) is 0 Å². The molecule has 0 aliphatic heterocycles. The molecule has 2 bridgehead atoms. The lowest BCUT2D eigenvalue weighted by molar-refractivity contribution is 0.156. The van der Waals surface area contributed by atoms with Crippen LogP contribution < -0.4 is 5.32 Å². The molecule has 1 nitrogen and oxygen atoms in total. The molecule has 0 aromatic heterocycles. The van der Waals surface area contributed by atoms with Crippen LogP contribution in [0.5, 0.6) is 0 Å². The van der Waals surface area contributed by atoms with Gasteiger partial charge in [0.25, 0.3) is 0 Å². The molecule has 0 heterocycles. The monoisotopic (exact) mass is 249 g/mol. The zero-order valence-electron chi connectivity index (χ0n) is 12.5. The van der Waals surface area contributed by atoms with Crippen molar-refractivity contribution in [2.24, 2.45) is 29.1 Å². The average Bonchev–Trinajstić information content (AvgIpc) is 3.00. The summed E-state index contributed by atoms with van der Waals surface area (Å²) in [4.78, 5) is 0. The molecule has 0 radical (unpaired) electrons. The molecule has 0 amide bonds. The van der Waals surface area contributed by atoms with E-state index in [1.807, 2.05) is 0 Å². The molecule has 104 valence electrons. The van der Waals surface area contributed by atoms with Gasteiger partial charge in [0, 0.05) is 12.6 Å². The number of hydrogen-bond donors (Lipinski definition) is 1. The van der Waals surface area contributed by atoms with Crippen molar-refractivity contribution < 1.29 is 0 Å². The molecule has 3 saturated carbocycles. The summed E-state index contributed by atoms with van der Waals surface area (Å²) in [5.41, 5.74) is 0.597. The molecule has 18 heavy (non-hydrogen) atoms. The van der Waals surface area contributed by atoms with Crippen LogP contribution in [-0.4, -0.2) is 12.6 Å². The summed E-state index contributed by atoms with van der Waals surface area (Å²) >= 11 is 0. The van der Waals surface area contributed by atoms with Crippen molar-refractivity contribution in [2.75, 3.05) is 6.54 Å². The highest BCUT2D eigenvalue weighted by Crippen LogP contribution is 2.56. The van der Waals surface area contributed by atoms with E-state index in [0.717, 1.165) is 23.7 Å². The highest BCUT2D eigenvalue weighted by atomic mass is 14.9. The summed E-state index contributed by atoms with van der Waals surface area (Å²) in [5.74, 6) is 4.32. The number of rotatable bonds is 6. The van der Waals surface area contributed by atoms with Crippen molar-refractivity contribution in [2.45, 2.75) is 71.8 Å². The van der Waals surface area contributed by atoms with Crippen LogP contribution in [0.1, 0.15) is 65.7 Å². The van der Waals surface area contributed by atoms with Crippen LogP contribution in [0.2, 0.25) is 0 Å². The van der Waals surface area contributed by atoms with E-state index >= 15 is 0 Å². The lowest BCUT2D eigenvalue weighted by Crippen LogP contribution is -2.39. The van der Waals surface area contributed by atoms with Gasteiger partial charge in [0.05, 0.1) is 0 Å². The Hall–Kier alpha value is -0.0400. The third-order valence-corrected chi connectivity index (χ3v) is 6.09. The largest absolute Gasteiger partial charge is 0.314 e. The summed E-state index contributed by atoms with van der Waals surface area (Å²) < 4.78 is 0. The van der Waals surface area contributed by atoms with Gasteiger partial charge < -0.3 is 5.32 Å². The van der Waals surface area contributed by atoms with Crippen LogP contribution in [0.25, 0.3) is 0 Å². The fourth-order valence-corrected chi connectivity index (χ4v) is 4.83. The van der Waals surface area contributed by atoms with Crippen molar-refractivity contribution in [3.05, 3.63) is 0 Å². The summed E-state index contributed by atoms with van der Waals surface area (Å²) in [6.07, 6.45) is 10.7. The summed E-state index contributed by atoms with van der Waals surface area (Å²) in [7, 11) is 0. The van der Waals surface area contributed by atoms with Crippen LogP contribution >= 0.6 is 0 Å². The highest BCUT2D eigenvalue weighted by molar-refractivity contribution is 4.98. The molecule has 4 unspecified atom stereocenters. The van der Waals surface area contributed by atoms with Gasteiger partial charge in [0.1, 0.15) is 0 Å². The molecule has 4 atom stereocenters. The molecule has 0 spiro atoms. The van der Waals surface area contributed by atoms with Gasteiger partial charge >= 0.3 is 0 Å². The Morgan fingerprint density at radius 3 is 2.39 bits per heavy atom. The van der Waals surface area contributed by atoms with Crippen molar-refractivity contribution >= 4 is 0 Å². The van der Waals surface area contributed by atoms with Crippen LogP contribution in [0.4, 0.5) is 0 Å². The van der Waals surface area contributed by atoms with Crippen molar-refractivity contribution in [1.29, 1.82) is 0 Å². The standard InChI is InChI=1S/C17H31N/c1-12(2)18-11-17(3,16-6-7-16)10-15-9-13-4-5-14(15)8-13/h12-16,18H,4-11H2,1-3H3. The third kappa shape index (κ3) is 2.61. The predicted octanol–water partition coefficient (Wildman–Crippen LogP) is 4.23. The topological polar surface area (TPSA) is 12.0 Å². The fourth-order valence-electron chi connectivity index (χ4n) is 4.83. The van der Waals surface area contributed by atoms with Gasteiger partial charge in [-0.15, -0.1) is 0 Å². The molecule has 3 aliphatic rings. The zero-order valence-corrected chi connectivity index (χ0v) is 12.5. The Morgan fingerprint density at radius 1 is 1.11 bits per heavy atom. The SMILES string of the molecule is CC(C)NCC(C)(CC1CC2CCC1C2)C1CC1. The quantitative estimate of drug-likeness (QED) is 0.743. The van der Waals surface area contributed by atoms with Gasteiger partial charge in [0.15, 0.2) is 0 Å². The van der Waals surface area contributed by atoms with E-state index in [2.05, 4.69) is 26.1 Å². The van der Waals surface area contributed by atoms with E-state index in [4.69, 9.17) is 0 Å². The van der Waals surface area contributed by atoms with E-state index in [-0.39, 0.29) is 0 Å². The van der Waals surface area contributed by atoms with E-state index in [0.29, 0.717) is 11.5 Å². The number of hydrogen-bond acceptors (Lipinski definition) is 1. The molecule has 1 N–H and O–H groups in total. The van der Waals surface area contributed by atoms with Gasteiger partial charge in [-0.2, -0.15) is 0 Å². The van der Waals surface area contributed by atoms with E-state index < -0.39 is 0 Å². The minimum absolute atomic E-state index is 0.597. The Labute approximate surface area is 113 Å². The van der Waals surface area contributed by atoms with Gasteiger partial charge in [0.2, 0.25) is 0 Å². The molecular weight excluding hydrogens is 218 g/mol. The van der Waals surface area contributed by atoms with Crippen LogP contribution in [0, 0.1) is 29.1 Å². The van der Waals surface area contributed by atoms with Gasteiger partial charge in [-0.1, -0.05) is 27.2 Å². The first-order chi connectivity index (χ1) is 8.57. The maximum atomic E-state index is 3.73. The first-order valence-corrected chi connectivity index (χ1v) is 8.30. The first-order valence-electron chi connectivity index (χ1n) is 8.30. The molecule has 3 aliphatic carbocycles. The lowest BCUT2D eigenvalue weighted by atomic mass is 9.72. The Morgan fingerprint density at radius 2 is 1.89 bits per heavy atom. The van der Waals surface area contributed by atoms with Crippen molar-refractivity contribution in [1.82, 2.24) is 5.32 Å². The minimum Gasteiger partial charge on any atom is -0.314 e. The average molecular weight is 249 g/mol. The Bertz CT molecular complexity index is 294. The van der Waals surface area contributed by atoms with E-state index in [1.165, 1.54) is 25.8 Å². The normalized spacial score (nSPS) is 38.3. The first kappa shape index (κ1) is 13.0. The minimum atomic E-state index is 0.597. The maximum Gasteiger partial charge on any atom is 0.00106 e. The van der Waals surface area contributed by atoms with Crippen molar-refractivity contribution in [3.63, 3.8) is 0 Å². The second-order valence-electron chi connectivity index (χ2n) is 8.10. The smallest absolute Gasteiger partial charge is 0.00106 e. The van der Waals surface area contributed by atoms with Gasteiger partial charge in [-0.25, -0.2) is 0 Å². The molecule has 3 fully saturated rings. The van der Waals surface area contributed by atoms with E-state index in [1.54, 1.807) is 25.7 Å². The number of fused-ring (bicyclic) bond motifs is 2. The van der Waals surface area contributed by atoms with Crippen LogP contribution in [-0.2, 0) is 0 Å². The second-order valence-corrected chi connectivity index (χ2v) is 8.10. The molecule has 0 saturated heterocycles. The molecule has 0 aromatic rings. The Balaban J connectivity index is 1.59. The zero-order chi connectivity index (χ0) is 12.8. The summed E-state index contributed by atoms with van der Waals surface area (Å²) in [6, 6.07) is 0.642. The molecule has 3 rings (SSSR count). The fraction of sp³-hybridized carbons (Fsp3) is 1.00. The van der Waals surface area contributed by atoms with Crippen LogP contribution in [0.15, 0.2) is 0 Å². The molecular formula is C17H31N. The number of nitrogens with one attached hydrogen (secondary N) is 1. The van der Waals surface area contributed by atoms with Crippen LogP contribution in [0.3, 0.4) is 0 Å². The van der Waals surface area contributed by atoms with Gasteiger partial charge in [-0.05, 0) is 67.6 Å². The maximum absolute atomic E-state index is 3.73. The van der Waals surface area contributed by atoms with E-state index in [9.17, 15) is 0 Å².